The number of nitrogens with one attached hydrogen (secondary N) is 1. The summed E-state index contributed by atoms with van der Waals surface area (Å²) in [4.78, 5) is 17.9. The zero-order chi connectivity index (χ0) is 25.5. The van der Waals surface area contributed by atoms with E-state index in [-0.39, 0.29) is 11.7 Å². The molecule has 0 saturated carbocycles. The number of hydrogen-bond acceptors (Lipinski definition) is 7. The predicted molar refractivity (Wildman–Crippen MR) is 145 cm³/mol. The van der Waals surface area contributed by atoms with Crippen LogP contribution in [0, 0.1) is 6.92 Å². The summed E-state index contributed by atoms with van der Waals surface area (Å²) >= 11 is 1.73. The van der Waals surface area contributed by atoms with Gasteiger partial charge in [-0.1, -0.05) is 49.1 Å². The molecule has 0 spiro atoms. The van der Waals surface area contributed by atoms with E-state index >= 15 is 0 Å². The summed E-state index contributed by atoms with van der Waals surface area (Å²) in [5.41, 5.74) is 5.49. The van der Waals surface area contributed by atoms with Crippen molar-refractivity contribution in [2.45, 2.75) is 30.7 Å². The Bertz CT molecular complexity index is 1220. The lowest BCUT2D eigenvalue weighted by Crippen LogP contribution is -2.38. The molecule has 0 radical (unpaired) electrons. The largest absolute Gasteiger partial charge is 0.507 e. The Hall–Kier alpha value is -3.55. The normalized spacial score (nSPS) is 14.6. The molecule has 2 N–H and O–H groups in total. The van der Waals surface area contributed by atoms with E-state index in [1.165, 1.54) is 18.2 Å². The average Bonchev–Trinajstić information content (AvgIpc) is 2.89. The smallest absolute Gasteiger partial charge is 0.328 e. The molecule has 3 aromatic rings. The number of phenols is 1. The molecule has 1 unspecified atom stereocenters. The predicted octanol–water partition coefficient (Wildman–Crippen LogP) is 5.24. The Morgan fingerprint density at radius 2 is 2.03 bits per heavy atom. The van der Waals surface area contributed by atoms with Gasteiger partial charge in [-0.3, -0.25) is 4.98 Å². The first kappa shape index (κ1) is 25.5. The standard InChI is InChI=1S/C29H31N3O3S/c1-20-6-4-8-27(33)28(20)21(2)31-26(29(34)35-3)18-22-9-11-23(12-10-22)24-13-16-32(17-14-24)36-25-7-5-15-30-19-25/h4-13,15,19,26,31,33H,2,14,16-18H2,1,3H3. The topological polar surface area (TPSA) is 74.7 Å². The average molecular weight is 502 g/mol. The Kier molecular flexibility index (Phi) is 8.46. The molecule has 4 rings (SSSR count). The number of rotatable bonds is 9. The number of aromatic nitrogens is 1. The first-order valence-corrected chi connectivity index (χ1v) is 12.7. The maximum absolute atomic E-state index is 12.5. The number of aromatic hydroxyl groups is 1. The van der Waals surface area contributed by atoms with Crippen molar-refractivity contribution in [1.82, 2.24) is 14.6 Å². The highest BCUT2D eigenvalue weighted by Gasteiger charge is 2.22. The SMILES string of the molecule is C=C(NC(Cc1ccc(C2=CCN(Sc3cccnc3)CC2)cc1)C(=O)OC)c1c(C)cccc1O. The highest BCUT2D eigenvalue weighted by Crippen LogP contribution is 2.30. The summed E-state index contributed by atoms with van der Waals surface area (Å²) < 4.78 is 7.36. The van der Waals surface area contributed by atoms with E-state index in [1.54, 1.807) is 30.3 Å². The number of ether oxygens (including phenoxy) is 1. The molecule has 186 valence electrons. The summed E-state index contributed by atoms with van der Waals surface area (Å²) in [6.07, 6.45) is 7.36. The quantitative estimate of drug-likeness (QED) is 0.307. The number of benzene rings is 2. The molecule has 1 aliphatic heterocycles. The van der Waals surface area contributed by atoms with Crippen molar-refractivity contribution in [2.75, 3.05) is 20.2 Å². The van der Waals surface area contributed by atoms with E-state index in [1.807, 2.05) is 25.3 Å². The van der Waals surface area contributed by atoms with Gasteiger partial charge in [0.25, 0.3) is 0 Å². The first-order valence-electron chi connectivity index (χ1n) is 11.9. The third-order valence-electron chi connectivity index (χ3n) is 6.19. The van der Waals surface area contributed by atoms with Crippen molar-refractivity contribution in [2.24, 2.45) is 0 Å². The van der Waals surface area contributed by atoms with Crippen LogP contribution in [0.5, 0.6) is 5.75 Å². The molecule has 1 atom stereocenters. The molecule has 1 aliphatic rings. The Morgan fingerprint density at radius 3 is 2.67 bits per heavy atom. The van der Waals surface area contributed by atoms with E-state index in [0.717, 1.165) is 35.5 Å². The van der Waals surface area contributed by atoms with Gasteiger partial charge >= 0.3 is 5.97 Å². The van der Waals surface area contributed by atoms with Gasteiger partial charge in [-0.15, -0.1) is 0 Å². The Balaban J connectivity index is 1.40. The van der Waals surface area contributed by atoms with E-state index < -0.39 is 6.04 Å². The Labute approximate surface area is 216 Å². The van der Waals surface area contributed by atoms with E-state index in [9.17, 15) is 9.90 Å². The van der Waals surface area contributed by atoms with Gasteiger partial charge in [0.05, 0.1) is 7.11 Å². The fourth-order valence-electron chi connectivity index (χ4n) is 4.30. The molecule has 0 bridgehead atoms. The van der Waals surface area contributed by atoms with Crippen LogP contribution in [0.1, 0.15) is 28.7 Å². The van der Waals surface area contributed by atoms with Crippen molar-refractivity contribution in [3.63, 3.8) is 0 Å². The van der Waals surface area contributed by atoms with Gasteiger partial charge < -0.3 is 15.2 Å². The number of aryl methyl sites for hydroxylation is 1. The molecule has 0 saturated heterocycles. The van der Waals surface area contributed by atoms with Crippen LogP contribution in [-0.2, 0) is 16.0 Å². The number of nitrogens with zero attached hydrogens (tertiary/aromatic N) is 2. The first-order chi connectivity index (χ1) is 17.4. The monoisotopic (exact) mass is 501 g/mol. The van der Waals surface area contributed by atoms with Crippen molar-refractivity contribution in [3.05, 3.63) is 102 Å². The molecule has 0 aliphatic carbocycles. The Morgan fingerprint density at radius 1 is 1.22 bits per heavy atom. The van der Waals surface area contributed by atoms with Crippen LogP contribution < -0.4 is 5.32 Å². The lowest BCUT2D eigenvalue weighted by atomic mass is 9.97. The van der Waals surface area contributed by atoms with Gasteiger partial charge in [0.1, 0.15) is 11.8 Å². The molecule has 7 heteroatoms. The molecule has 36 heavy (non-hydrogen) atoms. The van der Waals surface area contributed by atoms with Gasteiger partial charge in [0.2, 0.25) is 0 Å². The molecule has 0 amide bonds. The summed E-state index contributed by atoms with van der Waals surface area (Å²) in [6.45, 7) is 7.79. The number of esters is 1. The lowest BCUT2D eigenvalue weighted by molar-refractivity contribution is -0.142. The van der Waals surface area contributed by atoms with Crippen LogP contribution in [0.25, 0.3) is 11.3 Å². The third-order valence-corrected chi connectivity index (χ3v) is 7.23. The number of pyridine rings is 1. The second kappa shape index (κ2) is 11.9. The highest BCUT2D eigenvalue weighted by molar-refractivity contribution is 7.97. The van der Waals surface area contributed by atoms with Gasteiger partial charge in [-0.2, -0.15) is 0 Å². The number of carbonyl (C=O) groups is 1. The van der Waals surface area contributed by atoms with Crippen LogP contribution in [0.15, 0.2) is 84.5 Å². The van der Waals surface area contributed by atoms with Gasteiger partial charge in [0, 0.05) is 48.1 Å². The van der Waals surface area contributed by atoms with Gasteiger partial charge in [0.15, 0.2) is 0 Å². The van der Waals surface area contributed by atoms with Crippen LogP contribution in [-0.4, -0.2) is 46.6 Å². The summed E-state index contributed by atoms with van der Waals surface area (Å²) in [5.74, 6) is -0.256. The van der Waals surface area contributed by atoms with E-state index in [4.69, 9.17) is 4.74 Å². The van der Waals surface area contributed by atoms with Crippen LogP contribution >= 0.6 is 11.9 Å². The van der Waals surface area contributed by atoms with Crippen molar-refractivity contribution in [3.8, 4) is 5.75 Å². The summed E-state index contributed by atoms with van der Waals surface area (Å²) in [6, 6.07) is 17.0. The van der Waals surface area contributed by atoms with Crippen LogP contribution in [0.2, 0.25) is 0 Å². The minimum atomic E-state index is -0.626. The van der Waals surface area contributed by atoms with Crippen molar-refractivity contribution in [1.29, 1.82) is 0 Å². The molecule has 1 aromatic heterocycles. The fraction of sp³-hybridized carbons (Fsp3) is 0.241. The zero-order valence-electron chi connectivity index (χ0n) is 20.6. The summed E-state index contributed by atoms with van der Waals surface area (Å²) in [7, 11) is 1.37. The second-order valence-corrected chi connectivity index (χ2v) is 9.89. The molecule has 2 aromatic carbocycles. The maximum atomic E-state index is 12.5. The van der Waals surface area contributed by atoms with Crippen LogP contribution in [0.3, 0.4) is 0 Å². The molecular weight excluding hydrogens is 470 g/mol. The number of methoxy groups -OCH3 is 1. The molecular formula is C29H31N3O3S. The minimum absolute atomic E-state index is 0.124. The number of phenolic OH excluding ortho intramolecular Hbond substituents is 1. The van der Waals surface area contributed by atoms with E-state index in [0.29, 0.717) is 17.7 Å². The fourth-order valence-corrected chi connectivity index (χ4v) is 5.18. The maximum Gasteiger partial charge on any atom is 0.328 e. The van der Waals surface area contributed by atoms with Gasteiger partial charge in [-0.25, -0.2) is 9.10 Å². The molecule has 6 nitrogen and oxygen atoms in total. The van der Waals surface area contributed by atoms with Crippen molar-refractivity contribution >= 4 is 29.2 Å². The minimum Gasteiger partial charge on any atom is -0.507 e. The number of hydrogen-bond donors (Lipinski definition) is 2. The van der Waals surface area contributed by atoms with E-state index in [2.05, 4.69) is 57.6 Å². The molecule has 0 fully saturated rings. The lowest BCUT2D eigenvalue weighted by Gasteiger charge is -2.25. The summed E-state index contributed by atoms with van der Waals surface area (Å²) in [5, 5.41) is 13.4. The van der Waals surface area contributed by atoms with Crippen molar-refractivity contribution < 1.29 is 14.6 Å². The zero-order valence-corrected chi connectivity index (χ0v) is 21.4. The van der Waals surface area contributed by atoms with Gasteiger partial charge in [-0.05, 0) is 65.8 Å². The number of carbonyl (C=O) groups excluding carboxylic acids is 1. The highest BCUT2D eigenvalue weighted by atomic mass is 32.2. The molecule has 2 heterocycles. The van der Waals surface area contributed by atoms with Crippen LogP contribution in [0.4, 0.5) is 0 Å². The third kappa shape index (κ3) is 6.36. The second-order valence-electron chi connectivity index (χ2n) is 8.72.